The normalized spacial score (nSPS) is 60.8. The average Bonchev–Trinajstić information content (AvgIpc) is 2.61. The summed E-state index contributed by atoms with van der Waals surface area (Å²) >= 11 is 0. The molecule has 0 bridgehead atoms. The lowest BCUT2D eigenvalue weighted by Gasteiger charge is -2.34. The fourth-order valence-electron chi connectivity index (χ4n) is 2.60. The first-order valence-corrected chi connectivity index (χ1v) is 5.46. The second kappa shape index (κ2) is 2.77. The van der Waals surface area contributed by atoms with Gasteiger partial charge in [-0.25, -0.2) is 0 Å². The molecule has 0 aromatic rings. The molecule has 3 aliphatic rings. The molecule has 16 heavy (non-hydrogen) atoms. The summed E-state index contributed by atoms with van der Waals surface area (Å²) in [5.41, 5.74) is 0. The Morgan fingerprint density at radius 3 is 2.19 bits per heavy atom. The Kier molecular flexibility index (Phi) is 1.88. The number of fused-ring (bicyclic) bond motifs is 1. The highest BCUT2D eigenvalue weighted by molar-refractivity contribution is 5.04. The summed E-state index contributed by atoms with van der Waals surface area (Å²) in [6.07, 6.45) is 0.683. The fourth-order valence-corrected chi connectivity index (χ4v) is 2.60. The van der Waals surface area contributed by atoms with Crippen molar-refractivity contribution in [2.24, 2.45) is 0 Å². The summed E-state index contributed by atoms with van der Waals surface area (Å²) in [5, 5.41) is 20.4. The van der Waals surface area contributed by atoms with Crippen molar-refractivity contribution in [3.63, 3.8) is 0 Å². The smallest absolute Gasteiger partial charge is 0.230 e. The van der Waals surface area contributed by atoms with E-state index in [1.54, 1.807) is 6.92 Å². The maximum Gasteiger partial charge on any atom is 0.230 e. The minimum atomic E-state index is -1.57. The Balaban J connectivity index is 1.99. The molecular formula is C10H16O6. The lowest BCUT2D eigenvalue weighted by atomic mass is 10.1. The molecule has 0 aromatic carbocycles. The Hall–Kier alpha value is -0.240. The molecule has 6 heteroatoms. The van der Waals surface area contributed by atoms with Gasteiger partial charge in [-0.05, 0) is 13.8 Å². The highest BCUT2D eigenvalue weighted by Crippen LogP contribution is 2.55. The Labute approximate surface area is 93.0 Å². The van der Waals surface area contributed by atoms with Crippen LogP contribution in [0.5, 0.6) is 0 Å². The van der Waals surface area contributed by atoms with Crippen LogP contribution in [0.15, 0.2) is 0 Å². The number of hydrogen-bond donors (Lipinski definition) is 2. The molecule has 4 unspecified atom stereocenters. The van der Waals surface area contributed by atoms with E-state index in [-0.39, 0.29) is 0 Å². The van der Waals surface area contributed by atoms with E-state index in [1.807, 2.05) is 0 Å². The molecule has 1 spiro atoms. The summed E-state index contributed by atoms with van der Waals surface area (Å²) in [4.78, 5) is 0. The lowest BCUT2D eigenvalue weighted by Crippen LogP contribution is -2.51. The van der Waals surface area contributed by atoms with Crippen molar-refractivity contribution in [2.45, 2.75) is 49.8 Å². The molecule has 3 fully saturated rings. The van der Waals surface area contributed by atoms with Crippen LogP contribution in [0.3, 0.4) is 0 Å². The molecule has 3 heterocycles. The molecule has 0 aliphatic carbocycles. The third-order valence-corrected chi connectivity index (χ3v) is 3.74. The van der Waals surface area contributed by atoms with E-state index in [1.165, 1.54) is 6.92 Å². The molecule has 3 saturated heterocycles. The van der Waals surface area contributed by atoms with Gasteiger partial charge in [-0.1, -0.05) is 0 Å². The molecule has 2 N–H and O–H groups in total. The minimum Gasteiger partial charge on any atom is -0.361 e. The zero-order valence-corrected chi connectivity index (χ0v) is 9.36. The standard InChI is InChI=1S/C10H16O6/c1-7(11)10(4-6-13-7)15-8(2)9(12,16-10)3-5-14-8/h11-12H,3-6H2,1-2H3. The van der Waals surface area contributed by atoms with Gasteiger partial charge in [0.1, 0.15) is 0 Å². The summed E-state index contributed by atoms with van der Waals surface area (Å²) in [6, 6.07) is 0. The second-order valence-electron chi connectivity index (χ2n) is 4.87. The fraction of sp³-hybridized carbons (Fsp3) is 1.00. The molecule has 92 valence electrons. The third-order valence-electron chi connectivity index (χ3n) is 3.74. The van der Waals surface area contributed by atoms with Gasteiger partial charge in [-0.3, -0.25) is 0 Å². The van der Waals surface area contributed by atoms with Crippen LogP contribution in [0, 0.1) is 0 Å². The molecule has 0 amide bonds. The summed E-state index contributed by atoms with van der Waals surface area (Å²) < 4.78 is 21.8. The first kappa shape index (κ1) is 10.9. The summed E-state index contributed by atoms with van der Waals surface area (Å²) in [6.45, 7) is 3.77. The summed E-state index contributed by atoms with van der Waals surface area (Å²) in [7, 11) is 0. The van der Waals surface area contributed by atoms with Gasteiger partial charge in [-0.2, -0.15) is 0 Å². The van der Waals surface area contributed by atoms with Crippen molar-refractivity contribution < 1.29 is 29.2 Å². The Morgan fingerprint density at radius 1 is 0.938 bits per heavy atom. The zero-order chi connectivity index (χ0) is 11.7. The van der Waals surface area contributed by atoms with Gasteiger partial charge in [0, 0.05) is 12.8 Å². The number of hydrogen-bond acceptors (Lipinski definition) is 6. The molecular weight excluding hydrogens is 216 g/mol. The molecule has 3 aliphatic heterocycles. The van der Waals surface area contributed by atoms with E-state index >= 15 is 0 Å². The van der Waals surface area contributed by atoms with Crippen molar-refractivity contribution in [1.29, 1.82) is 0 Å². The predicted octanol–water partition coefficient (Wildman–Crippen LogP) is -0.317. The Morgan fingerprint density at radius 2 is 1.62 bits per heavy atom. The SMILES string of the molecule is CC1(O)OCCC12OC1(O)CCOC1(C)O2. The van der Waals surface area contributed by atoms with Gasteiger partial charge < -0.3 is 29.2 Å². The van der Waals surface area contributed by atoms with E-state index in [0.29, 0.717) is 26.1 Å². The van der Waals surface area contributed by atoms with Crippen molar-refractivity contribution in [3.8, 4) is 0 Å². The van der Waals surface area contributed by atoms with E-state index < -0.39 is 23.1 Å². The first-order valence-electron chi connectivity index (χ1n) is 5.46. The highest BCUT2D eigenvalue weighted by Gasteiger charge is 2.74. The first-order chi connectivity index (χ1) is 7.33. The largest absolute Gasteiger partial charge is 0.361 e. The second-order valence-corrected chi connectivity index (χ2v) is 4.87. The topological polar surface area (TPSA) is 77.4 Å². The minimum absolute atomic E-state index is 0.319. The van der Waals surface area contributed by atoms with Crippen LogP contribution in [0.4, 0.5) is 0 Å². The molecule has 6 nitrogen and oxygen atoms in total. The molecule has 0 aromatic heterocycles. The number of ether oxygens (including phenoxy) is 4. The van der Waals surface area contributed by atoms with Crippen molar-refractivity contribution in [1.82, 2.24) is 0 Å². The van der Waals surface area contributed by atoms with Gasteiger partial charge in [0.05, 0.1) is 13.2 Å². The predicted molar refractivity (Wildman–Crippen MR) is 50.0 cm³/mol. The van der Waals surface area contributed by atoms with Crippen molar-refractivity contribution in [3.05, 3.63) is 0 Å². The molecule has 3 rings (SSSR count). The lowest BCUT2D eigenvalue weighted by molar-refractivity contribution is -0.355. The zero-order valence-electron chi connectivity index (χ0n) is 9.36. The van der Waals surface area contributed by atoms with Gasteiger partial charge >= 0.3 is 0 Å². The van der Waals surface area contributed by atoms with Crippen molar-refractivity contribution >= 4 is 0 Å². The van der Waals surface area contributed by atoms with Gasteiger partial charge in [0.15, 0.2) is 0 Å². The van der Waals surface area contributed by atoms with Crippen LogP contribution in [0.2, 0.25) is 0 Å². The van der Waals surface area contributed by atoms with E-state index in [4.69, 9.17) is 18.9 Å². The van der Waals surface area contributed by atoms with Crippen LogP contribution in [-0.2, 0) is 18.9 Å². The van der Waals surface area contributed by atoms with E-state index in [2.05, 4.69) is 0 Å². The summed E-state index contributed by atoms with van der Waals surface area (Å²) in [5.74, 6) is -5.65. The molecule has 4 atom stereocenters. The van der Waals surface area contributed by atoms with Crippen molar-refractivity contribution in [2.75, 3.05) is 13.2 Å². The maximum atomic E-state index is 10.3. The van der Waals surface area contributed by atoms with Gasteiger partial charge in [0.25, 0.3) is 0 Å². The van der Waals surface area contributed by atoms with Gasteiger partial charge in [-0.15, -0.1) is 0 Å². The van der Waals surface area contributed by atoms with Crippen LogP contribution in [-0.4, -0.2) is 46.6 Å². The maximum absolute atomic E-state index is 10.3. The Bertz CT molecular complexity index is 311. The molecule has 0 saturated carbocycles. The number of rotatable bonds is 0. The highest BCUT2D eigenvalue weighted by atomic mass is 16.9. The van der Waals surface area contributed by atoms with Crippen LogP contribution >= 0.6 is 0 Å². The van der Waals surface area contributed by atoms with Crippen LogP contribution < -0.4 is 0 Å². The van der Waals surface area contributed by atoms with Crippen LogP contribution in [0.1, 0.15) is 26.7 Å². The van der Waals surface area contributed by atoms with E-state index in [9.17, 15) is 10.2 Å². The third kappa shape index (κ3) is 1.07. The number of aliphatic hydroxyl groups is 2. The quantitative estimate of drug-likeness (QED) is 0.596. The monoisotopic (exact) mass is 232 g/mol. The van der Waals surface area contributed by atoms with Gasteiger partial charge in [0.2, 0.25) is 23.1 Å². The average molecular weight is 232 g/mol. The van der Waals surface area contributed by atoms with Crippen LogP contribution in [0.25, 0.3) is 0 Å². The molecule has 0 radical (unpaired) electrons. The van der Waals surface area contributed by atoms with E-state index in [0.717, 1.165) is 0 Å².